The Morgan fingerprint density at radius 3 is 2.47 bits per heavy atom. The first-order chi connectivity index (χ1) is 16.5. The molecule has 0 heterocycles. The molecule has 1 saturated carbocycles. The fourth-order valence-corrected chi connectivity index (χ4v) is 5.50. The Labute approximate surface area is 213 Å². The van der Waals surface area contributed by atoms with Crippen LogP contribution in [0.15, 0.2) is 53.4 Å². The molecule has 0 aliphatic heterocycles. The van der Waals surface area contributed by atoms with Crippen LogP contribution in [0.2, 0.25) is 5.02 Å². The number of nitrogens with zero attached hydrogens (tertiary/aromatic N) is 1. The van der Waals surface area contributed by atoms with Crippen LogP contribution in [0, 0.1) is 6.92 Å². The van der Waals surface area contributed by atoms with Crippen molar-refractivity contribution in [2.24, 2.45) is 0 Å². The summed E-state index contributed by atoms with van der Waals surface area (Å²) in [6.07, 6.45) is 7.45. The maximum absolute atomic E-state index is 13.4. The lowest BCUT2D eigenvalue weighted by Gasteiger charge is -2.33. The zero-order valence-corrected chi connectivity index (χ0v) is 22.0. The summed E-state index contributed by atoms with van der Waals surface area (Å²) in [6, 6.07) is 15.7. The maximum atomic E-state index is 13.4. The van der Waals surface area contributed by atoms with Crippen LogP contribution in [-0.4, -0.2) is 34.6 Å². The van der Waals surface area contributed by atoms with Gasteiger partial charge in [-0.3, -0.25) is 9.59 Å². The summed E-state index contributed by atoms with van der Waals surface area (Å²) in [5, 5.41) is 3.98. The highest BCUT2D eigenvalue weighted by atomic mass is 35.5. The molecule has 0 saturated heterocycles. The Morgan fingerprint density at radius 1 is 1.09 bits per heavy atom. The number of thioether (sulfide) groups is 1. The molecule has 1 aliphatic rings. The van der Waals surface area contributed by atoms with Crippen LogP contribution in [-0.2, 0) is 16.1 Å². The molecule has 4 nitrogen and oxygen atoms in total. The predicted octanol–water partition coefficient (Wildman–Crippen LogP) is 6.78. The Bertz CT molecular complexity index is 928. The van der Waals surface area contributed by atoms with Crippen molar-refractivity contribution < 1.29 is 9.59 Å². The monoisotopic (exact) mass is 500 g/mol. The first kappa shape index (κ1) is 26.6. The highest BCUT2D eigenvalue weighted by Gasteiger charge is 2.30. The van der Waals surface area contributed by atoms with Gasteiger partial charge in [0.2, 0.25) is 11.8 Å². The number of hydrogen-bond donors (Lipinski definition) is 1. The molecule has 6 heteroatoms. The van der Waals surface area contributed by atoms with Crippen molar-refractivity contribution in [1.82, 2.24) is 10.2 Å². The van der Waals surface area contributed by atoms with Crippen LogP contribution in [0.3, 0.4) is 0 Å². The van der Waals surface area contributed by atoms with E-state index in [1.807, 2.05) is 48.2 Å². The van der Waals surface area contributed by atoms with Gasteiger partial charge in [0.05, 0.1) is 0 Å². The minimum atomic E-state index is -0.446. The standard InChI is InChI=1S/C28H37ClN2O2S/c1-3-26(28(33)30-24-12-5-4-6-13-24)31(20-22-11-8-7-10-21(22)2)27(32)14-9-19-34-25-17-15-23(29)16-18-25/h7-8,10-11,15-18,24,26H,3-6,9,12-14,19-20H2,1-2H3,(H,30,33)/t26-/m1/s1. The lowest BCUT2D eigenvalue weighted by atomic mass is 9.95. The number of nitrogens with one attached hydrogen (secondary N) is 1. The molecular formula is C28H37ClN2O2S. The van der Waals surface area contributed by atoms with Crippen molar-refractivity contribution in [3.05, 3.63) is 64.7 Å². The molecule has 34 heavy (non-hydrogen) atoms. The first-order valence-corrected chi connectivity index (χ1v) is 13.9. The topological polar surface area (TPSA) is 49.4 Å². The first-order valence-electron chi connectivity index (χ1n) is 12.5. The van der Waals surface area contributed by atoms with Gasteiger partial charge < -0.3 is 10.2 Å². The quantitative estimate of drug-likeness (QED) is 0.273. The van der Waals surface area contributed by atoms with Crippen LogP contribution >= 0.6 is 23.4 Å². The largest absolute Gasteiger partial charge is 0.352 e. The number of halogens is 1. The highest BCUT2D eigenvalue weighted by Crippen LogP contribution is 2.23. The lowest BCUT2D eigenvalue weighted by molar-refractivity contribution is -0.141. The molecule has 0 unspecified atom stereocenters. The molecular weight excluding hydrogens is 464 g/mol. The Balaban J connectivity index is 1.65. The molecule has 2 aromatic rings. The summed E-state index contributed by atoms with van der Waals surface area (Å²) in [6.45, 7) is 4.52. The molecule has 0 bridgehead atoms. The molecule has 1 aliphatic carbocycles. The lowest BCUT2D eigenvalue weighted by Crippen LogP contribution is -2.51. The van der Waals surface area contributed by atoms with Crippen molar-refractivity contribution in [3.8, 4) is 0 Å². The van der Waals surface area contributed by atoms with E-state index in [2.05, 4.69) is 24.4 Å². The molecule has 184 valence electrons. The second kappa shape index (κ2) is 13.8. The highest BCUT2D eigenvalue weighted by molar-refractivity contribution is 7.99. The average Bonchev–Trinajstić information content (AvgIpc) is 2.84. The van der Waals surface area contributed by atoms with Crippen LogP contribution in [0.5, 0.6) is 0 Å². The number of benzene rings is 2. The summed E-state index contributed by atoms with van der Waals surface area (Å²) in [7, 11) is 0. The van der Waals surface area contributed by atoms with Crippen molar-refractivity contribution in [2.75, 3.05) is 5.75 Å². The van der Waals surface area contributed by atoms with Gasteiger partial charge in [-0.1, -0.05) is 62.1 Å². The van der Waals surface area contributed by atoms with Gasteiger partial charge in [-0.05, 0) is 73.8 Å². The van der Waals surface area contributed by atoms with E-state index in [-0.39, 0.29) is 17.9 Å². The molecule has 0 aromatic heterocycles. The van der Waals surface area contributed by atoms with Gasteiger partial charge in [0, 0.05) is 28.9 Å². The van der Waals surface area contributed by atoms with Crippen molar-refractivity contribution in [3.63, 3.8) is 0 Å². The smallest absolute Gasteiger partial charge is 0.243 e. The zero-order valence-electron chi connectivity index (χ0n) is 20.4. The number of carbonyl (C=O) groups excluding carboxylic acids is 2. The number of hydrogen-bond acceptors (Lipinski definition) is 3. The number of amides is 2. The summed E-state index contributed by atoms with van der Waals surface area (Å²) in [5.41, 5.74) is 2.23. The van der Waals surface area contributed by atoms with E-state index in [1.165, 1.54) is 19.3 Å². The second-order valence-electron chi connectivity index (χ2n) is 9.12. The summed E-state index contributed by atoms with van der Waals surface area (Å²) in [4.78, 5) is 29.7. The molecule has 1 atom stereocenters. The summed E-state index contributed by atoms with van der Waals surface area (Å²) >= 11 is 7.69. The third kappa shape index (κ3) is 8.06. The minimum absolute atomic E-state index is 0.00752. The number of rotatable bonds is 11. The van der Waals surface area contributed by atoms with Crippen LogP contribution in [0.25, 0.3) is 0 Å². The third-order valence-corrected chi connectivity index (χ3v) is 7.91. The van der Waals surface area contributed by atoms with E-state index < -0.39 is 6.04 Å². The van der Waals surface area contributed by atoms with Crippen LogP contribution in [0.4, 0.5) is 0 Å². The Morgan fingerprint density at radius 2 is 1.79 bits per heavy atom. The van der Waals surface area contributed by atoms with E-state index in [0.717, 1.165) is 46.1 Å². The van der Waals surface area contributed by atoms with Gasteiger partial charge in [0.15, 0.2) is 0 Å². The second-order valence-corrected chi connectivity index (χ2v) is 10.7. The number of aryl methyl sites for hydroxylation is 1. The molecule has 0 spiro atoms. The van der Waals surface area contributed by atoms with Crippen molar-refractivity contribution in [2.45, 2.75) is 88.7 Å². The fraction of sp³-hybridized carbons (Fsp3) is 0.500. The van der Waals surface area contributed by atoms with E-state index in [4.69, 9.17) is 11.6 Å². The SMILES string of the molecule is CC[C@H](C(=O)NC1CCCCC1)N(Cc1ccccc1C)C(=O)CCCSc1ccc(Cl)cc1. The van der Waals surface area contributed by atoms with Crippen molar-refractivity contribution in [1.29, 1.82) is 0 Å². The van der Waals surface area contributed by atoms with Gasteiger partial charge in [0.1, 0.15) is 6.04 Å². The van der Waals surface area contributed by atoms with Crippen LogP contribution < -0.4 is 5.32 Å². The molecule has 2 aromatic carbocycles. The average molecular weight is 501 g/mol. The predicted molar refractivity (Wildman–Crippen MR) is 142 cm³/mol. The van der Waals surface area contributed by atoms with Crippen LogP contribution in [0.1, 0.15) is 69.4 Å². The maximum Gasteiger partial charge on any atom is 0.243 e. The van der Waals surface area contributed by atoms with E-state index in [9.17, 15) is 9.59 Å². The number of carbonyl (C=O) groups is 2. The fourth-order valence-electron chi connectivity index (χ4n) is 4.52. The van der Waals surface area contributed by atoms with Crippen molar-refractivity contribution >= 4 is 35.2 Å². The Hall–Kier alpha value is -1.98. The van der Waals surface area contributed by atoms with Gasteiger partial charge in [-0.15, -0.1) is 11.8 Å². The van der Waals surface area contributed by atoms with E-state index in [1.54, 1.807) is 11.8 Å². The molecule has 1 N–H and O–H groups in total. The third-order valence-electron chi connectivity index (χ3n) is 6.56. The molecule has 3 rings (SSSR count). The minimum Gasteiger partial charge on any atom is -0.352 e. The van der Waals surface area contributed by atoms with Gasteiger partial charge >= 0.3 is 0 Å². The van der Waals surface area contributed by atoms with Gasteiger partial charge in [-0.25, -0.2) is 0 Å². The summed E-state index contributed by atoms with van der Waals surface area (Å²) < 4.78 is 0. The van der Waals surface area contributed by atoms with Gasteiger partial charge in [0.25, 0.3) is 0 Å². The molecule has 2 amide bonds. The van der Waals surface area contributed by atoms with E-state index in [0.29, 0.717) is 19.4 Å². The van der Waals surface area contributed by atoms with Gasteiger partial charge in [-0.2, -0.15) is 0 Å². The normalized spacial score (nSPS) is 15.0. The zero-order chi connectivity index (χ0) is 24.3. The Kier molecular flexibility index (Phi) is 10.8. The molecule has 0 radical (unpaired) electrons. The summed E-state index contributed by atoms with van der Waals surface area (Å²) in [5.74, 6) is 0.883. The molecule has 1 fully saturated rings. The van der Waals surface area contributed by atoms with E-state index >= 15 is 0 Å².